The molecule has 6 heteroatoms. The molecule has 20 heavy (non-hydrogen) atoms. The van der Waals surface area contributed by atoms with Crippen LogP contribution in [0.25, 0.3) is 0 Å². The van der Waals surface area contributed by atoms with Crippen molar-refractivity contribution in [1.29, 1.82) is 0 Å². The molecule has 112 valence electrons. The van der Waals surface area contributed by atoms with Crippen LogP contribution in [0, 0.1) is 0 Å². The fraction of sp³-hybridized carbons (Fsp3) is 0.571. The second-order valence-electron chi connectivity index (χ2n) is 5.39. The topological polar surface area (TPSA) is 55.4 Å². The van der Waals surface area contributed by atoms with Gasteiger partial charge in [0.05, 0.1) is 5.75 Å². The number of hydrogen-bond acceptors (Lipinski definition) is 5. The molecule has 0 aromatic carbocycles. The Labute approximate surface area is 128 Å². The SMILES string of the molecule is C[C@@H](NC(=O)CSCc1cccs1)C(=O)OC(C)(C)C. The van der Waals surface area contributed by atoms with Crippen LogP contribution < -0.4 is 5.32 Å². The van der Waals surface area contributed by atoms with Crippen molar-refractivity contribution in [2.75, 3.05) is 5.75 Å². The summed E-state index contributed by atoms with van der Waals surface area (Å²) in [4.78, 5) is 24.7. The van der Waals surface area contributed by atoms with E-state index in [0.29, 0.717) is 5.75 Å². The lowest BCUT2D eigenvalue weighted by Gasteiger charge is -2.22. The van der Waals surface area contributed by atoms with E-state index in [1.54, 1.807) is 39.0 Å². The van der Waals surface area contributed by atoms with Crippen LogP contribution in [0.1, 0.15) is 32.6 Å². The van der Waals surface area contributed by atoms with Gasteiger partial charge in [-0.15, -0.1) is 23.1 Å². The molecule has 0 aliphatic heterocycles. The molecule has 0 fully saturated rings. The van der Waals surface area contributed by atoms with Crippen LogP contribution in [0.5, 0.6) is 0 Å². The van der Waals surface area contributed by atoms with Crippen molar-refractivity contribution >= 4 is 35.0 Å². The first-order valence-electron chi connectivity index (χ1n) is 6.40. The molecular formula is C14H21NO3S2. The van der Waals surface area contributed by atoms with Gasteiger partial charge in [-0.05, 0) is 39.1 Å². The summed E-state index contributed by atoms with van der Waals surface area (Å²) in [5.41, 5.74) is -0.538. The smallest absolute Gasteiger partial charge is 0.328 e. The Bertz CT molecular complexity index is 438. The predicted octanol–water partition coefficient (Wildman–Crippen LogP) is 2.83. The molecule has 0 saturated carbocycles. The summed E-state index contributed by atoms with van der Waals surface area (Å²) in [6, 6.07) is 3.41. The van der Waals surface area contributed by atoms with E-state index >= 15 is 0 Å². The molecule has 1 N–H and O–H groups in total. The van der Waals surface area contributed by atoms with Gasteiger partial charge in [-0.3, -0.25) is 4.79 Å². The van der Waals surface area contributed by atoms with Gasteiger partial charge >= 0.3 is 5.97 Å². The van der Waals surface area contributed by atoms with Gasteiger partial charge in [0, 0.05) is 10.6 Å². The molecule has 0 bridgehead atoms. The maximum Gasteiger partial charge on any atom is 0.328 e. The maximum atomic E-state index is 11.7. The van der Waals surface area contributed by atoms with Crippen molar-refractivity contribution in [3.63, 3.8) is 0 Å². The minimum atomic E-state index is -0.621. The second kappa shape index (κ2) is 7.69. The zero-order valence-corrected chi connectivity index (χ0v) is 13.9. The number of ether oxygens (including phenoxy) is 1. The predicted molar refractivity (Wildman–Crippen MR) is 83.9 cm³/mol. The Morgan fingerprint density at radius 3 is 2.70 bits per heavy atom. The van der Waals surface area contributed by atoms with Crippen LogP contribution in [0.4, 0.5) is 0 Å². The molecular weight excluding hydrogens is 294 g/mol. The summed E-state index contributed by atoms with van der Waals surface area (Å²) in [5, 5.41) is 4.67. The van der Waals surface area contributed by atoms with Gasteiger partial charge in [0.2, 0.25) is 5.91 Å². The lowest BCUT2D eigenvalue weighted by Crippen LogP contribution is -2.42. The second-order valence-corrected chi connectivity index (χ2v) is 7.41. The maximum absolute atomic E-state index is 11.7. The third kappa shape index (κ3) is 6.96. The Hall–Kier alpha value is -1.01. The molecule has 1 amide bonds. The van der Waals surface area contributed by atoms with Gasteiger partial charge in [0.15, 0.2) is 0 Å². The average Bonchev–Trinajstić information content (AvgIpc) is 2.79. The van der Waals surface area contributed by atoms with Crippen molar-refractivity contribution in [2.45, 2.75) is 45.1 Å². The quantitative estimate of drug-likeness (QED) is 0.820. The van der Waals surface area contributed by atoms with E-state index < -0.39 is 17.6 Å². The molecule has 4 nitrogen and oxygen atoms in total. The van der Waals surface area contributed by atoms with Crippen molar-refractivity contribution in [3.8, 4) is 0 Å². The summed E-state index contributed by atoms with van der Waals surface area (Å²) in [6.07, 6.45) is 0. The zero-order chi connectivity index (χ0) is 15.2. The first-order valence-corrected chi connectivity index (χ1v) is 8.44. The summed E-state index contributed by atoms with van der Waals surface area (Å²) < 4.78 is 5.20. The number of esters is 1. The highest BCUT2D eigenvalue weighted by Crippen LogP contribution is 2.16. The van der Waals surface area contributed by atoms with Crippen molar-refractivity contribution < 1.29 is 14.3 Å². The van der Waals surface area contributed by atoms with Crippen LogP contribution >= 0.6 is 23.1 Å². The number of nitrogens with one attached hydrogen (secondary N) is 1. The number of thiophene rings is 1. The summed E-state index contributed by atoms with van der Waals surface area (Å²) in [6.45, 7) is 7.04. The molecule has 1 aromatic heterocycles. The third-order valence-corrected chi connectivity index (χ3v) is 4.24. The van der Waals surface area contributed by atoms with E-state index in [2.05, 4.69) is 5.32 Å². The Kier molecular flexibility index (Phi) is 6.55. The molecule has 0 unspecified atom stereocenters. The summed E-state index contributed by atoms with van der Waals surface area (Å²) >= 11 is 3.21. The van der Waals surface area contributed by atoms with Crippen molar-refractivity contribution in [3.05, 3.63) is 22.4 Å². The van der Waals surface area contributed by atoms with Crippen LogP contribution in [0.3, 0.4) is 0 Å². The molecule has 0 aliphatic rings. The molecule has 0 spiro atoms. The molecule has 0 radical (unpaired) electrons. The molecule has 0 aliphatic carbocycles. The molecule has 1 aromatic rings. The zero-order valence-electron chi connectivity index (χ0n) is 12.3. The monoisotopic (exact) mass is 315 g/mol. The lowest BCUT2D eigenvalue weighted by atomic mass is 10.2. The van der Waals surface area contributed by atoms with Crippen molar-refractivity contribution in [1.82, 2.24) is 5.32 Å². The standard InChI is InChI=1S/C14H21NO3S2/c1-10(13(17)18-14(2,3)4)15-12(16)9-19-8-11-6-5-7-20-11/h5-7,10H,8-9H2,1-4H3,(H,15,16)/t10-/m1/s1. The minimum absolute atomic E-state index is 0.148. The Morgan fingerprint density at radius 2 is 2.15 bits per heavy atom. The number of carbonyl (C=O) groups is 2. The Balaban J connectivity index is 2.25. The van der Waals surface area contributed by atoms with Gasteiger partial charge in [-0.2, -0.15) is 0 Å². The highest BCUT2D eigenvalue weighted by Gasteiger charge is 2.22. The van der Waals surface area contributed by atoms with Gasteiger partial charge in [-0.25, -0.2) is 4.79 Å². The van der Waals surface area contributed by atoms with E-state index in [-0.39, 0.29) is 5.91 Å². The number of hydrogen-bond donors (Lipinski definition) is 1. The van der Waals surface area contributed by atoms with Gasteiger partial charge in [-0.1, -0.05) is 6.07 Å². The lowest BCUT2D eigenvalue weighted by molar-refractivity contribution is -0.157. The van der Waals surface area contributed by atoms with Gasteiger partial charge < -0.3 is 10.1 Å². The van der Waals surface area contributed by atoms with E-state index in [0.717, 1.165) is 5.75 Å². The molecule has 1 heterocycles. The number of amides is 1. The number of thioether (sulfide) groups is 1. The number of carbonyl (C=O) groups excluding carboxylic acids is 2. The molecule has 0 saturated heterocycles. The first-order chi connectivity index (χ1) is 9.28. The first kappa shape index (κ1) is 17.0. The van der Waals surface area contributed by atoms with Crippen LogP contribution in [0.15, 0.2) is 17.5 Å². The molecule has 1 atom stereocenters. The highest BCUT2D eigenvalue weighted by molar-refractivity contribution is 7.99. The average molecular weight is 315 g/mol. The highest BCUT2D eigenvalue weighted by atomic mass is 32.2. The van der Waals surface area contributed by atoms with Gasteiger partial charge in [0.25, 0.3) is 0 Å². The number of rotatable bonds is 6. The van der Waals surface area contributed by atoms with Crippen LogP contribution in [-0.4, -0.2) is 29.3 Å². The minimum Gasteiger partial charge on any atom is -0.458 e. The van der Waals surface area contributed by atoms with E-state index in [4.69, 9.17) is 4.74 Å². The van der Waals surface area contributed by atoms with Crippen LogP contribution in [-0.2, 0) is 20.1 Å². The molecule has 1 rings (SSSR count). The largest absolute Gasteiger partial charge is 0.458 e. The Morgan fingerprint density at radius 1 is 1.45 bits per heavy atom. The normalized spacial score (nSPS) is 12.8. The van der Waals surface area contributed by atoms with Crippen LogP contribution in [0.2, 0.25) is 0 Å². The van der Waals surface area contributed by atoms with E-state index in [1.807, 2.05) is 17.5 Å². The fourth-order valence-electron chi connectivity index (χ4n) is 1.37. The van der Waals surface area contributed by atoms with E-state index in [1.165, 1.54) is 16.6 Å². The summed E-state index contributed by atoms with van der Waals surface area (Å²) in [7, 11) is 0. The van der Waals surface area contributed by atoms with Crippen molar-refractivity contribution in [2.24, 2.45) is 0 Å². The van der Waals surface area contributed by atoms with E-state index in [9.17, 15) is 9.59 Å². The third-order valence-electron chi connectivity index (χ3n) is 2.20. The fourth-order valence-corrected chi connectivity index (χ4v) is 3.05. The van der Waals surface area contributed by atoms with Gasteiger partial charge in [0.1, 0.15) is 11.6 Å². The summed E-state index contributed by atoms with van der Waals surface area (Å²) in [5.74, 6) is 0.593.